The zero-order chi connectivity index (χ0) is 8.72. The van der Waals surface area contributed by atoms with E-state index in [1.165, 1.54) is 6.07 Å². The van der Waals surface area contributed by atoms with Gasteiger partial charge in [0.1, 0.15) is 10.0 Å². The first-order chi connectivity index (χ1) is 5.74. The molecule has 0 unspecified atom stereocenters. The molecular formula is C7HCl2O3. The maximum Gasteiger partial charge on any atom is 0.235 e. The minimum atomic E-state index is 0.122. The van der Waals surface area contributed by atoms with E-state index < -0.39 is 0 Å². The van der Waals surface area contributed by atoms with E-state index in [0.717, 1.165) is 0 Å². The summed E-state index contributed by atoms with van der Waals surface area (Å²) in [4.78, 5) is 19.6. The predicted octanol–water partition coefficient (Wildman–Crippen LogP) is 2.14. The third kappa shape index (κ3) is 0.869. The van der Waals surface area contributed by atoms with Crippen LogP contribution < -0.4 is 9.78 Å². The fourth-order valence-electron chi connectivity index (χ4n) is 0.883. The zero-order valence-electron chi connectivity index (χ0n) is 5.56. The van der Waals surface area contributed by atoms with Crippen LogP contribution in [0, 0.1) is 0 Å². The number of carbonyl (C=O) groups excluding carboxylic acids is 1. The Morgan fingerprint density at radius 1 is 1.25 bits per heavy atom. The van der Waals surface area contributed by atoms with Gasteiger partial charge in [-0.3, -0.25) is 14.6 Å². The van der Waals surface area contributed by atoms with Gasteiger partial charge in [-0.15, -0.1) is 0 Å². The molecule has 2 rings (SSSR count). The molecule has 0 amide bonds. The number of hydrogen-bond acceptors (Lipinski definition) is 3. The second kappa shape index (κ2) is 2.54. The number of rotatable bonds is 1. The van der Waals surface area contributed by atoms with E-state index in [1.54, 1.807) is 6.29 Å². The Balaban J connectivity index is 2.74. The van der Waals surface area contributed by atoms with Gasteiger partial charge in [-0.1, -0.05) is 23.2 Å². The van der Waals surface area contributed by atoms with Crippen molar-refractivity contribution in [3.63, 3.8) is 0 Å². The molecule has 0 spiro atoms. The second-order valence-corrected chi connectivity index (χ2v) is 2.90. The summed E-state index contributed by atoms with van der Waals surface area (Å²) in [6, 6.07) is 1.37. The summed E-state index contributed by atoms with van der Waals surface area (Å²) in [5, 5.41) is 0.398. The van der Waals surface area contributed by atoms with Crippen molar-refractivity contribution in [3.8, 4) is 11.5 Å². The van der Waals surface area contributed by atoms with Crippen molar-refractivity contribution in [2.24, 2.45) is 0 Å². The largest absolute Gasteiger partial charge is 0.288 e. The summed E-state index contributed by atoms with van der Waals surface area (Å²) in [6.07, 6.45) is 1.64. The molecule has 0 aliphatic carbocycles. The second-order valence-electron chi connectivity index (χ2n) is 2.15. The highest BCUT2D eigenvalue weighted by Gasteiger charge is 2.25. The van der Waals surface area contributed by atoms with Gasteiger partial charge in [0, 0.05) is 6.07 Å². The molecule has 1 aromatic rings. The molecule has 1 aliphatic rings. The Morgan fingerprint density at radius 3 is 2.67 bits per heavy atom. The monoisotopic (exact) mass is 203 g/mol. The molecule has 0 atom stereocenters. The van der Waals surface area contributed by atoms with Crippen molar-refractivity contribution in [2.75, 3.05) is 0 Å². The molecule has 1 radical (unpaired) electrons. The SMILES string of the molecule is O=[C]c1cc2c(Cl)c(c1Cl)OO2. The van der Waals surface area contributed by atoms with Gasteiger partial charge in [0.2, 0.25) is 17.8 Å². The van der Waals surface area contributed by atoms with Crippen LogP contribution in [0.25, 0.3) is 0 Å². The molecule has 12 heavy (non-hydrogen) atoms. The molecule has 0 saturated carbocycles. The highest BCUT2D eigenvalue weighted by Crippen LogP contribution is 2.46. The molecule has 0 N–H and O–H groups in total. The Kier molecular flexibility index (Phi) is 1.63. The molecule has 5 heteroatoms. The lowest BCUT2D eigenvalue weighted by molar-refractivity contribution is -0.0846. The lowest BCUT2D eigenvalue weighted by Crippen LogP contribution is -1.90. The summed E-state index contributed by atoms with van der Waals surface area (Å²) < 4.78 is 0. The molecule has 1 aromatic carbocycles. The third-order valence-corrected chi connectivity index (χ3v) is 2.18. The summed E-state index contributed by atoms with van der Waals surface area (Å²) >= 11 is 11.4. The molecule has 0 saturated heterocycles. The third-order valence-electron chi connectivity index (χ3n) is 1.45. The van der Waals surface area contributed by atoms with E-state index in [2.05, 4.69) is 9.78 Å². The van der Waals surface area contributed by atoms with Gasteiger partial charge in [-0.2, -0.15) is 0 Å². The molecule has 1 aliphatic heterocycles. The maximum absolute atomic E-state index is 10.3. The standard InChI is InChI=1S/C7HCl2O3/c8-5-3(2-10)1-4-6(9)7(5)12-11-4/h1H. The smallest absolute Gasteiger partial charge is 0.235 e. The normalized spacial score (nSPS) is 12.2. The van der Waals surface area contributed by atoms with E-state index in [4.69, 9.17) is 23.2 Å². The number of hydrogen-bond donors (Lipinski definition) is 0. The minimum Gasteiger partial charge on any atom is -0.288 e. The van der Waals surface area contributed by atoms with Crippen LogP contribution in [0.1, 0.15) is 5.56 Å². The Bertz CT molecular complexity index is 362. The van der Waals surface area contributed by atoms with Crippen molar-refractivity contribution in [1.82, 2.24) is 0 Å². The average molecular weight is 204 g/mol. The summed E-state index contributed by atoms with van der Waals surface area (Å²) in [5.41, 5.74) is 0.184. The topological polar surface area (TPSA) is 35.5 Å². The van der Waals surface area contributed by atoms with Crippen LogP contribution in [-0.2, 0) is 4.79 Å². The first-order valence-corrected chi connectivity index (χ1v) is 3.74. The summed E-state index contributed by atoms with van der Waals surface area (Å²) in [7, 11) is 0. The highest BCUT2D eigenvalue weighted by molar-refractivity contribution is 6.39. The van der Waals surface area contributed by atoms with Gasteiger partial charge in [0.05, 0.1) is 5.56 Å². The van der Waals surface area contributed by atoms with Gasteiger partial charge < -0.3 is 0 Å². The molecule has 0 fully saturated rings. The predicted molar refractivity (Wildman–Crippen MR) is 42.5 cm³/mol. The van der Waals surface area contributed by atoms with E-state index in [1.807, 2.05) is 0 Å². The van der Waals surface area contributed by atoms with Crippen LogP contribution >= 0.6 is 23.2 Å². The Labute approximate surface area is 77.7 Å². The fraction of sp³-hybridized carbons (Fsp3) is 0. The Hall–Kier alpha value is -0.930. The molecule has 61 valence electrons. The van der Waals surface area contributed by atoms with Crippen LogP contribution in [0.5, 0.6) is 11.5 Å². The van der Waals surface area contributed by atoms with Crippen LogP contribution in [0.4, 0.5) is 0 Å². The molecule has 0 aromatic heterocycles. The van der Waals surface area contributed by atoms with Crippen LogP contribution in [-0.4, -0.2) is 6.29 Å². The van der Waals surface area contributed by atoms with E-state index in [0.29, 0.717) is 0 Å². The first-order valence-electron chi connectivity index (χ1n) is 2.98. The van der Waals surface area contributed by atoms with Crippen LogP contribution in [0.15, 0.2) is 6.07 Å². The van der Waals surface area contributed by atoms with E-state index in [-0.39, 0.29) is 27.1 Å². The average Bonchev–Trinajstić information content (AvgIpc) is 2.31. The van der Waals surface area contributed by atoms with E-state index in [9.17, 15) is 4.79 Å². The van der Waals surface area contributed by atoms with E-state index >= 15 is 0 Å². The zero-order valence-corrected chi connectivity index (χ0v) is 7.07. The number of fused-ring (bicyclic) bond motifs is 2. The van der Waals surface area contributed by atoms with Crippen LogP contribution in [0.3, 0.4) is 0 Å². The summed E-state index contributed by atoms with van der Waals surface area (Å²) in [5.74, 6) is 0.462. The number of benzene rings is 1. The van der Waals surface area contributed by atoms with Crippen molar-refractivity contribution in [3.05, 3.63) is 21.7 Å². The number of halogens is 2. The minimum absolute atomic E-state index is 0.122. The quantitative estimate of drug-likeness (QED) is 0.657. The van der Waals surface area contributed by atoms with Gasteiger partial charge in [0.15, 0.2) is 0 Å². The maximum atomic E-state index is 10.3. The van der Waals surface area contributed by atoms with Gasteiger partial charge in [-0.05, 0) is 0 Å². The molecule has 2 bridgehead atoms. The van der Waals surface area contributed by atoms with Crippen molar-refractivity contribution < 1.29 is 14.6 Å². The molecular weight excluding hydrogens is 203 g/mol. The van der Waals surface area contributed by atoms with Crippen molar-refractivity contribution >= 4 is 29.5 Å². The highest BCUT2D eigenvalue weighted by atomic mass is 35.5. The van der Waals surface area contributed by atoms with Crippen molar-refractivity contribution in [1.29, 1.82) is 0 Å². The Morgan fingerprint density at radius 2 is 2.00 bits per heavy atom. The van der Waals surface area contributed by atoms with Gasteiger partial charge in [0.25, 0.3) is 0 Å². The fourth-order valence-corrected chi connectivity index (χ4v) is 1.36. The van der Waals surface area contributed by atoms with Gasteiger partial charge >= 0.3 is 0 Å². The molecule has 1 heterocycles. The van der Waals surface area contributed by atoms with Crippen LogP contribution in [0.2, 0.25) is 10.0 Å². The summed E-state index contributed by atoms with van der Waals surface area (Å²) in [6.45, 7) is 0. The lowest BCUT2D eigenvalue weighted by atomic mass is 10.2. The molecule has 3 nitrogen and oxygen atoms in total. The van der Waals surface area contributed by atoms with Crippen molar-refractivity contribution in [2.45, 2.75) is 0 Å². The van der Waals surface area contributed by atoms with Gasteiger partial charge in [-0.25, -0.2) is 0 Å². The first kappa shape index (κ1) is 7.71. The lowest BCUT2D eigenvalue weighted by Gasteiger charge is -1.94.